The number of ether oxygens (including phenoxy) is 2. The Morgan fingerprint density at radius 3 is 1.10 bits per heavy atom. The average Bonchev–Trinajstić information content (AvgIpc) is 3.46. The van der Waals surface area contributed by atoms with Crippen LogP contribution in [0.4, 0.5) is 0 Å². The summed E-state index contributed by atoms with van der Waals surface area (Å²) >= 11 is 0. The van der Waals surface area contributed by atoms with Crippen LogP contribution in [0.5, 0.6) is 0 Å². The number of amides is 1. The fourth-order valence-corrected chi connectivity index (χ4v) is 11.0. The van der Waals surface area contributed by atoms with E-state index in [-0.39, 0.29) is 12.8 Å². The number of aliphatic hydroxyl groups excluding tert-OH is 7. The molecule has 0 bridgehead atoms. The van der Waals surface area contributed by atoms with E-state index in [1.165, 1.54) is 250 Å². The second-order valence-corrected chi connectivity index (χ2v) is 23.9. The van der Waals surface area contributed by atoms with Crippen LogP contribution < -0.4 is 5.32 Å². The van der Waals surface area contributed by atoms with Crippen LogP contribution in [0.1, 0.15) is 328 Å². The molecule has 11 heteroatoms. The lowest BCUT2D eigenvalue weighted by Gasteiger charge is -2.40. The summed E-state index contributed by atoms with van der Waals surface area (Å²) in [6.45, 7) is 3.49. The van der Waals surface area contributed by atoms with Gasteiger partial charge < -0.3 is 50.5 Å². The maximum absolute atomic E-state index is 13.2. The zero-order valence-corrected chi connectivity index (χ0v) is 50.9. The summed E-state index contributed by atoms with van der Waals surface area (Å²) in [6.07, 6.45) is 58.3. The number of carbonyl (C=O) groups is 1. The van der Waals surface area contributed by atoms with E-state index in [2.05, 4.69) is 43.5 Å². The highest BCUT2D eigenvalue weighted by molar-refractivity contribution is 5.80. The monoisotopic (exact) mass is 1110 g/mol. The van der Waals surface area contributed by atoms with Gasteiger partial charge in [0.15, 0.2) is 6.29 Å². The van der Waals surface area contributed by atoms with Gasteiger partial charge in [-0.25, -0.2) is 0 Å². The van der Waals surface area contributed by atoms with Crippen LogP contribution in [0.15, 0.2) is 24.3 Å². The van der Waals surface area contributed by atoms with Gasteiger partial charge in [0.25, 0.3) is 0 Å². The highest BCUT2D eigenvalue weighted by Crippen LogP contribution is 2.24. The topological polar surface area (TPSA) is 189 Å². The smallest absolute Gasteiger partial charge is 0.249 e. The van der Waals surface area contributed by atoms with Gasteiger partial charge in [0, 0.05) is 0 Å². The largest absolute Gasteiger partial charge is 0.394 e. The lowest BCUT2D eigenvalue weighted by atomic mass is 9.98. The fourth-order valence-electron chi connectivity index (χ4n) is 11.0. The standard InChI is InChI=1S/C67H129NO10/c1-3-5-7-9-11-13-15-17-19-21-23-25-26-27-28-29-30-31-32-33-34-35-37-39-41-43-45-47-49-51-53-55-60(71)66(76)68-58(57-77-67-65(75)64(74)63(73)61(56-69)78-67)62(72)59(70)54-52-50-48-46-44-42-40-38-36-24-22-20-18-16-14-12-10-8-6-4-2/h27-28,46,48,58-65,67,69-75H,3-26,29-45,47,49-57H2,1-2H3,(H,68,76)/b28-27-,48-46+. The Balaban J connectivity index is 2.21. The first-order chi connectivity index (χ1) is 38.2. The van der Waals surface area contributed by atoms with Crippen LogP contribution in [0.3, 0.4) is 0 Å². The third-order valence-electron chi connectivity index (χ3n) is 16.5. The van der Waals surface area contributed by atoms with E-state index in [1.807, 2.05) is 0 Å². The maximum Gasteiger partial charge on any atom is 0.249 e. The summed E-state index contributed by atoms with van der Waals surface area (Å²) in [4.78, 5) is 13.2. The van der Waals surface area contributed by atoms with Crippen LogP contribution in [0.25, 0.3) is 0 Å². The third-order valence-corrected chi connectivity index (χ3v) is 16.5. The van der Waals surface area contributed by atoms with Gasteiger partial charge in [0.1, 0.15) is 36.6 Å². The minimum atomic E-state index is -1.67. The molecule has 0 aromatic carbocycles. The molecule has 1 saturated heterocycles. The highest BCUT2D eigenvalue weighted by Gasteiger charge is 2.44. The van der Waals surface area contributed by atoms with Crippen molar-refractivity contribution in [1.29, 1.82) is 0 Å². The Kier molecular flexibility index (Phi) is 53.6. The van der Waals surface area contributed by atoms with E-state index in [9.17, 15) is 40.5 Å². The molecule has 1 rings (SSSR count). The van der Waals surface area contributed by atoms with Gasteiger partial charge in [0.2, 0.25) is 5.91 Å². The van der Waals surface area contributed by atoms with Crippen LogP contribution in [-0.4, -0.2) is 110 Å². The minimum absolute atomic E-state index is 0.257. The molecule has 1 aliphatic rings. The first kappa shape index (κ1) is 74.6. The van der Waals surface area contributed by atoms with Crippen molar-refractivity contribution in [1.82, 2.24) is 5.32 Å². The van der Waals surface area contributed by atoms with Crippen molar-refractivity contribution in [3.63, 3.8) is 0 Å². The Labute approximate surface area is 480 Å². The number of aliphatic hydroxyl groups is 7. The molecule has 8 N–H and O–H groups in total. The van der Waals surface area contributed by atoms with E-state index < -0.39 is 74.2 Å². The molecule has 0 saturated carbocycles. The average molecular weight is 1110 g/mol. The van der Waals surface area contributed by atoms with E-state index in [0.717, 1.165) is 38.5 Å². The molecule has 11 nitrogen and oxygen atoms in total. The van der Waals surface area contributed by atoms with Gasteiger partial charge in [-0.1, -0.05) is 289 Å². The lowest BCUT2D eigenvalue weighted by Crippen LogP contribution is -2.60. The summed E-state index contributed by atoms with van der Waals surface area (Å²) in [5, 5.41) is 76.4. The number of unbranched alkanes of at least 4 members (excludes halogenated alkanes) is 43. The first-order valence-corrected chi connectivity index (χ1v) is 33.7. The number of allylic oxidation sites excluding steroid dienone is 4. The molecule has 9 atom stereocenters. The van der Waals surface area contributed by atoms with E-state index in [1.54, 1.807) is 0 Å². The molecule has 9 unspecified atom stereocenters. The molecule has 78 heavy (non-hydrogen) atoms. The predicted octanol–water partition coefficient (Wildman–Crippen LogP) is 15.6. The molecule has 1 fully saturated rings. The van der Waals surface area contributed by atoms with Crippen molar-refractivity contribution in [3.05, 3.63) is 24.3 Å². The molecule has 0 aromatic heterocycles. The number of hydrogen-bond acceptors (Lipinski definition) is 10. The summed E-state index contributed by atoms with van der Waals surface area (Å²) in [6, 6.07) is -1.18. The summed E-state index contributed by atoms with van der Waals surface area (Å²) in [7, 11) is 0. The van der Waals surface area contributed by atoms with Crippen molar-refractivity contribution in [2.24, 2.45) is 0 Å². The van der Waals surface area contributed by atoms with Crippen molar-refractivity contribution < 1.29 is 50.0 Å². The molecule has 0 aromatic rings. The molecular formula is C67H129NO10. The predicted molar refractivity (Wildman–Crippen MR) is 326 cm³/mol. The van der Waals surface area contributed by atoms with Crippen molar-refractivity contribution >= 4 is 5.91 Å². The normalized spacial score (nSPS) is 19.5. The van der Waals surface area contributed by atoms with Gasteiger partial charge in [0.05, 0.1) is 25.4 Å². The lowest BCUT2D eigenvalue weighted by molar-refractivity contribution is -0.303. The molecule has 1 heterocycles. The van der Waals surface area contributed by atoms with Crippen molar-refractivity contribution in [3.8, 4) is 0 Å². The number of carbonyl (C=O) groups excluding carboxylic acids is 1. The van der Waals surface area contributed by atoms with Crippen molar-refractivity contribution in [2.75, 3.05) is 13.2 Å². The molecule has 0 radical (unpaired) electrons. The SMILES string of the molecule is CCCCCCCCCCCCCC/C=C\CCCCCCCCCCCCCCCCCC(O)C(=O)NC(COC1OC(CO)C(O)C(O)C1O)C(O)C(O)CCC/C=C/CCCCCCCCCCCCCCCCC. The van der Waals surface area contributed by atoms with E-state index >= 15 is 0 Å². The second kappa shape index (κ2) is 56.1. The molecule has 1 aliphatic heterocycles. The third kappa shape index (κ3) is 43.3. The van der Waals surface area contributed by atoms with Crippen molar-refractivity contribution in [2.45, 2.75) is 384 Å². The Hall–Kier alpha value is -1.41. The molecular weight excluding hydrogens is 979 g/mol. The quantitative estimate of drug-likeness (QED) is 0.0215. The van der Waals surface area contributed by atoms with Gasteiger partial charge in [-0.2, -0.15) is 0 Å². The van der Waals surface area contributed by atoms with Crippen LogP contribution >= 0.6 is 0 Å². The molecule has 1 amide bonds. The Morgan fingerprint density at radius 1 is 0.436 bits per heavy atom. The van der Waals surface area contributed by atoms with Gasteiger partial charge >= 0.3 is 0 Å². The highest BCUT2D eigenvalue weighted by atomic mass is 16.7. The zero-order valence-electron chi connectivity index (χ0n) is 50.9. The number of nitrogens with one attached hydrogen (secondary N) is 1. The number of rotatable bonds is 59. The Bertz CT molecular complexity index is 1320. The van der Waals surface area contributed by atoms with Crippen LogP contribution in [0, 0.1) is 0 Å². The van der Waals surface area contributed by atoms with Crippen LogP contribution in [-0.2, 0) is 14.3 Å². The molecule has 0 spiro atoms. The maximum atomic E-state index is 13.2. The minimum Gasteiger partial charge on any atom is -0.394 e. The van der Waals surface area contributed by atoms with Crippen LogP contribution in [0.2, 0.25) is 0 Å². The molecule has 0 aliphatic carbocycles. The van der Waals surface area contributed by atoms with Gasteiger partial charge in [-0.05, 0) is 64.2 Å². The fraction of sp³-hybridized carbons (Fsp3) is 0.925. The summed E-state index contributed by atoms with van der Waals surface area (Å²) < 4.78 is 11.2. The van der Waals surface area contributed by atoms with Gasteiger partial charge in [-0.3, -0.25) is 4.79 Å². The molecule has 462 valence electrons. The van der Waals surface area contributed by atoms with Gasteiger partial charge in [-0.15, -0.1) is 0 Å². The zero-order chi connectivity index (χ0) is 56.8. The number of hydrogen-bond donors (Lipinski definition) is 8. The summed E-state index contributed by atoms with van der Waals surface area (Å²) in [5.74, 6) is -0.701. The summed E-state index contributed by atoms with van der Waals surface area (Å²) in [5.41, 5.74) is 0. The Morgan fingerprint density at radius 2 is 0.756 bits per heavy atom. The van der Waals surface area contributed by atoms with E-state index in [4.69, 9.17) is 9.47 Å². The second-order valence-electron chi connectivity index (χ2n) is 23.9. The first-order valence-electron chi connectivity index (χ1n) is 33.7. The van der Waals surface area contributed by atoms with E-state index in [0.29, 0.717) is 12.8 Å².